The lowest BCUT2D eigenvalue weighted by Crippen LogP contribution is -2.59. The molecule has 13 nitrogen and oxygen atoms in total. The molecule has 182 valence electrons. The quantitative estimate of drug-likeness (QED) is 0.117. The number of aliphatic carboxylic acids is 2. The predicted octanol–water partition coefficient (Wildman–Crippen LogP) is -2.43. The third kappa shape index (κ3) is 10.4. The lowest BCUT2D eigenvalue weighted by molar-refractivity contribution is -0.142. The third-order valence-electron chi connectivity index (χ3n) is 4.63. The topological polar surface area (TPSA) is 231 Å². The molecule has 0 rings (SSSR count). The number of primary amides is 1. The number of hydrogen-bond acceptors (Lipinski definition) is 8. The summed E-state index contributed by atoms with van der Waals surface area (Å²) < 4.78 is 0. The van der Waals surface area contributed by atoms with Gasteiger partial charge in [0.05, 0.1) is 12.5 Å². The van der Waals surface area contributed by atoms with Crippen molar-refractivity contribution >= 4 is 48.2 Å². The molecule has 0 radical (unpaired) electrons. The van der Waals surface area contributed by atoms with Gasteiger partial charge in [-0.05, 0) is 12.3 Å². The highest BCUT2D eigenvalue weighted by molar-refractivity contribution is 7.80. The lowest BCUT2D eigenvalue weighted by Gasteiger charge is -2.27. The van der Waals surface area contributed by atoms with Gasteiger partial charge in [0.2, 0.25) is 23.6 Å². The molecule has 14 heteroatoms. The van der Waals surface area contributed by atoms with E-state index in [1.54, 1.807) is 13.8 Å². The van der Waals surface area contributed by atoms with Gasteiger partial charge >= 0.3 is 11.9 Å². The van der Waals surface area contributed by atoms with E-state index in [2.05, 4.69) is 28.6 Å². The first-order valence-electron chi connectivity index (χ1n) is 9.84. The van der Waals surface area contributed by atoms with Gasteiger partial charge in [-0.2, -0.15) is 12.6 Å². The molecule has 0 aliphatic rings. The van der Waals surface area contributed by atoms with Crippen molar-refractivity contribution in [2.75, 3.05) is 5.75 Å². The molecule has 5 atom stereocenters. The summed E-state index contributed by atoms with van der Waals surface area (Å²) in [7, 11) is 0. The molecule has 32 heavy (non-hydrogen) atoms. The Kier molecular flexibility index (Phi) is 13.0. The first-order chi connectivity index (χ1) is 14.8. The molecular formula is C18H31N5O8S. The molecule has 0 aromatic carbocycles. The monoisotopic (exact) mass is 477 g/mol. The minimum atomic E-state index is -1.39. The van der Waals surface area contributed by atoms with Crippen molar-refractivity contribution < 1.29 is 39.0 Å². The molecule has 0 aromatic rings. The summed E-state index contributed by atoms with van der Waals surface area (Å²) in [4.78, 5) is 70.7. The van der Waals surface area contributed by atoms with Gasteiger partial charge in [-0.3, -0.25) is 24.0 Å². The number of carbonyl (C=O) groups excluding carboxylic acids is 4. The van der Waals surface area contributed by atoms with E-state index in [9.17, 15) is 28.8 Å². The SMILES string of the molecule is CCC(C)C(NC(=O)C(N)CC(N)=O)C(=O)NC(CCC(=O)O)C(=O)NC(CS)C(=O)O. The molecular weight excluding hydrogens is 446 g/mol. The van der Waals surface area contributed by atoms with Crippen LogP contribution in [0.5, 0.6) is 0 Å². The Labute approximate surface area is 190 Å². The fourth-order valence-electron chi connectivity index (χ4n) is 2.53. The van der Waals surface area contributed by atoms with E-state index < -0.39 is 78.5 Å². The van der Waals surface area contributed by atoms with Crippen molar-refractivity contribution in [2.45, 2.75) is 63.7 Å². The Morgan fingerprint density at radius 2 is 1.50 bits per heavy atom. The van der Waals surface area contributed by atoms with Crippen LogP contribution in [0, 0.1) is 5.92 Å². The van der Waals surface area contributed by atoms with Crippen LogP contribution in [0.1, 0.15) is 39.5 Å². The summed E-state index contributed by atoms with van der Waals surface area (Å²) in [6, 6.07) is -5.19. The minimum absolute atomic E-state index is 0.232. The molecule has 0 aliphatic heterocycles. The molecule has 9 N–H and O–H groups in total. The van der Waals surface area contributed by atoms with Crippen molar-refractivity contribution in [3.63, 3.8) is 0 Å². The van der Waals surface area contributed by atoms with Crippen molar-refractivity contribution in [1.82, 2.24) is 16.0 Å². The van der Waals surface area contributed by atoms with Crippen molar-refractivity contribution in [3.05, 3.63) is 0 Å². The fourth-order valence-corrected chi connectivity index (χ4v) is 2.78. The molecule has 0 saturated heterocycles. The smallest absolute Gasteiger partial charge is 0.327 e. The standard InChI is InChI=1S/C18H31N5O8S/c1-3-8(2)14(23-15(27)9(19)6-12(20)24)17(29)21-10(4-5-13(25)26)16(28)22-11(7-32)18(30)31/h8-11,14,32H,3-7,19H2,1-2H3,(H2,20,24)(H,21,29)(H,22,28)(H,23,27)(H,25,26)(H,30,31). The Balaban J connectivity index is 5.54. The van der Waals surface area contributed by atoms with Crippen molar-refractivity contribution in [1.29, 1.82) is 0 Å². The van der Waals surface area contributed by atoms with E-state index in [4.69, 9.17) is 21.7 Å². The summed E-state index contributed by atoms with van der Waals surface area (Å²) >= 11 is 3.84. The van der Waals surface area contributed by atoms with Gasteiger partial charge in [-0.15, -0.1) is 0 Å². The van der Waals surface area contributed by atoms with Crippen LogP contribution in [-0.2, 0) is 28.8 Å². The average Bonchev–Trinajstić information content (AvgIpc) is 2.70. The maximum atomic E-state index is 12.9. The Bertz CT molecular complexity index is 719. The van der Waals surface area contributed by atoms with Crippen LogP contribution in [0.4, 0.5) is 0 Å². The van der Waals surface area contributed by atoms with Crippen molar-refractivity contribution in [2.24, 2.45) is 17.4 Å². The van der Waals surface area contributed by atoms with Crippen LogP contribution >= 0.6 is 12.6 Å². The zero-order valence-electron chi connectivity index (χ0n) is 17.9. The van der Waals surface area contributed by atoms with Crippen LogP contribution in [0.15, 0.2) is 0 Å². The summed E-state index contributed by atoms with van der Waals surface area (Å²) in [6.45, 7) is 3.40. The summed E-state index contributed by atoms with van der Waals surface area (Å²) in [5.41, 5.74) is 10.6. The number of rotatable bonds is 15. The largest absolute Gasteiger partial charge is 0.481 e. The highest BCUT2D eigenvalue weighted by atomic mass is 32.1. The van der Waals surface area contributed by atoms with E-state index in [-0.39, 0.29) is 12.2 Å². The Morgan fingerprint density at radius 3 is 1.94 bits per heavy atom. The Hall–Kier alpha value is -2.87. The molecule has 0 fully saturated rings. The van der Waals surface area contributed by atoms with E-state index >= 15 is 0 Å². The maximum Gasteiger partial charge on any atom is 0.327 e. The van der Waals surface area contributed by atoms with E-state index in [1.165, 1.54) is 0 Å². The zero-order chi connectivity index (χ0) is 25.0. The number of nitrogens with two attached hydrogens (primary N) is 2. The highest BCUT2D eigenvalue weighted by Crippen LogP contribution is 2.10. The number of amides is 4. The maximum absolute atomic E-state index is 12.9. The van der Waals surface area contributed by atoms with E-state index in [0.717, 1.165) is 0 Å². The molecule has 5 unspecified atom stereocenters. The van der Waals surface area contributed by atoms with Gasteiger partial charge in [-0.25, -0.2) is 4.79 Å². The van der Waals surface area contributed by atoms with Gasteiger partial charge in [0, 0.05) is 12.2 Å². The first-order valence-corrected chi connectivity index (χ1v) is 10.5. The summed E-state index contributed by atoms with van der Waals surface area (Å²) in [6.07, 6.45) is -0.810. The second-order valence-electron chi connectivity index (χ2n) is 7.22. The summed E-state index contributed by atoms with van der Waals surface area (Å²) in [5, 5.41) is 24.9. The molecule has 0 heterocycles. The average molecular weight is 478 g/mol. The first kappa shape index (κ1) is 29.1. The van der Waals surface area contributed by atoms with Crippen LogP contribution in [0.25, 0.3) is 0 Å². The van der Waals surface area contributed by atoms with Gasteiger partial charge in [0.15, 0.2) is 0 Å². The van der Waals surface area contributed by atoms with E-state index in [0.29, 0.717) is 6.42 Å². The molecule has 0 saturated carbocycles. The number of carboxylic acids is 2. The van der Waals surface area contributed by atoms with Gasteiger partial charge in [-0.1, -0.05) is 20.3 Å². The van der Waals surface area contributed by atoms with Gasteiger partial charge < -0.3 is 37.6 Å². The normalized spacial score (nSPS) is 15.4. The molecule has 0 spiro atoms. The van der Waals surface area contributed by atoms with Gasteiger partial charge in [0.25, 0.3) is 0 Å². The van der Waals surface area contributed by atoms with Gasteiger partial charge in [0.1, 0.15) is 18.1 Å². The van der Waals surface area contributed by atoms with Crippen LogP contribution < -0.4 is 27.4 Å². The third-order valence-corrected chi connectivity index (χ3v) is 4.99. The minimum Gasteiger partial charge on any atom is -0.481 e. The zero-order valence-corrected chi connectivity index (χ0v) is 18.8. The molecule has 4 amide bonds. The van der Waals surface area contributed by atoms with Crippen LogP contribution in [-0.4, -0.2) is 75.7 Å². The number of carbonyl (C=O) groups is 6. The predicted molar refractivity (Wildman–Crippen MR) is 115 cm³/mol. The second-order valence-corrected chi connectivity index (χ2v) is 7.59. The van der Waals surface area contributed by atoms with Crippen LogP contribution in [0.2, 0.25) is 0 Å². The van der Waals surface area contributed by atoms with E-state index in [1.807, 2.05) is 0 Å². The second kappa shape index (κ2) is 14.2. The molecule has 0 aliphatic carbocycles. The lowest BCUT2D eigenvalue weighted by atomic mass is 9.97. The Morgan fingerprint density at radius 1 is 0.938 bits per heavy atom. The highest BCUT2D eigenvalue weighted by Gasteiger charge is 2.32. The number of hydrogen-bond donors (Lipinski definition) is 8. The summed E-state index contributed by atoms with van der Waals surface area (Å²) in [5.74, 6) is -6.58. The fraction of sp³-hybridized carbons (Fsp3) is 0.667. The van der Waals surface area contributed by atoms with Crippen LogP contribution in [0.3, 0.4) is 0 Å². The number of nitrogens with one attached hydrogen (secondary N) is 3. The molecule has 0 aromatic heterocycles. The molecule has 0 bridgehead atoms. The van der Waals surface area contributed by atoms with Crippen molar-refractivity contribution in [3.8, 4) is 0 Å². The number of carboxylic acid groups (broad SMARTS) is 2. The number of thiol groups is 1.